The lowest BCUT2D eigenvalue weighted by molar-refractivity contribution is 0.330. The molecule has 0 heterocycles. The predicted molar refractivity (Wildman–Crippen MR) is 98.1 cm³/mol. The van der Waals surface area contributed by atoms with Gasteiger partial charge in [0.15, 0.2) is 0 Å². The Kier molecular flexibility index (Phi) is 5.36. The third-order valence-electron chi connectivity index (χ3n) is 3.62. The van der Waals surface area contributed by atoms with Crippen molar-refractivity contribution in [1.82, 2.24) is 0 Å². The minimum atomic E-state index is 0.618. The molecule has 0 aromatic heterocycles. The highest BCUT2D eigenvalue weighted by atomic mass is 16.5. The molecule has 0 spiro atoms. The Morgan fingerprint density at radius 2 is 1.42 bits per heavy atom. The molecule has 0 atom stereocenters. The van der Waals surface area contributed by atoms with Crippen LogP contribution in [-0.2, 0) is 0 Å². The Balaban J connectivity index is 1.45. The van der Waals surface area contributed by atoms with Crippen LogP contribution in [0.1, 0.15) is 5.56 Å². The van der Waals surface area contributed by atoms with Crippen LogP contribution >= 0.6 is 0 Å². The van der Waals surface area contributed by atoms with Crippen LogP contribution in [0.3, 0.4) is 0 Å². The number of rotatable bonds is 7. The second kappa shape index (κ2) is 8.06. The number of hydrogen-bond acceptors (Lipinski definition) is 3. The van der Waals surface area contributed by atoms with Crippen molar-refractivity contribution >= 4 is 5.69 Å². The molecule has 3 nitrogen and oxygen atoms in total. The van der Waals surface area contributed by atoms with Crippen molar-refractivity contribution in [2.24, 2.45) is 0 Å². The quantitative estimate of drug-likeness (QED) is 0.601. The molecule has 122 valence electrons. The molecule has 0 saturated carbocycles. The fraction of sp³-hybridized carbons (Fsp3) is 0.143. The van der Waals surface area contributed by atoms with E-state index < -0.39 is 0 Å². The van der Waals surface area contributed by atoms with Crippen LogP contribution in [0, 0.1) is 6.92 Å². The lowest BCUT2D eigenvalue weighted by Gasteiger charge is -2.11. The number of ether oxygens (including phenoxy) is 2. The van der Waals surface area contributed by atoms with Gasteiger partial charge >= 0.3 is 0 Å². The lowest BCUT2D eigenvalue weighted by Crippen LogP contribution is -2.11. The number of hydrogen-bond donors (Lipinski definition) is 1. The molecule has 0 radical (unpaired) electrons. The molecule has 0 aliphatic rings. The maximum Gasteiger partial charge on any atom is 0.127 e. The van der Waals surface area contributed by atoms with E-state index >= 15 is 0 Å². The molecule has 3 aromatic carbocycles. The summed E-state index contributed by atoms with van der Waals surface area (Å²) in [5, 5.41) is 3.34. The molecule has 0 aliphatic carbocycles. The van der Waals surface area contributed by atoms with Crippen LogP contribution in [0.4, 0.5) is 5.69 Å². The summed E-state index contributed by atoms with van der Waals surface area (Å²) in [5.41, 5.74) is 2.20. The molecule has 3 aromatic rings. The molecular weight excluding hydrogens is 298 g/mol. The Hall–Kier alpha value is -2.94. The highest BCUT2D eigenvalue weighted by molar-refractivity contribution is 5.47. The molecule has 3 heteroatoms. The largest absolute Gasteiger partial charge is 0.491 e. The summed E-state index contributed by atoms with van der Waals surface area (Å²) >= 11 is 0. The van der Waals surface area contributed by atoms with Gasteiger partial charge in [-0.25, -0.2) is 0 Å². The summed E-state index contributed by atoms with van der Waals surface area (Å²) in [4.78, 5) is 0. The maximum atomic E-state index is 5.78. The first kappa shape index (κ1) is 15.9. The van der Waals surface area contributed by atoms with E-state index in [1.165, 1.54) is 0 Å². The minimum absolute atomic E-state index is 0.618. The van der Waals surface area contributed by atoms with E-state index in [0.29, 0.717) is 6.61 Å². The second-order valence-electron chi connectivity index (χ2n) is 5.48. The summed E-state index contributed by atoms with van der Waals surface area (Å²) < 4.78 is 11.6. The van der Waals surface area contributed by atoms with Gasteiger partial charge in [-0.15, -0.1) is 0 Å². The zero-order chi connectivity index (χ0) is 16.6. The molecule has 0 bridgehead atoms. The van der Waals surface area contributed by atoms with Crippen molar-refractivity contribution in [1.29, 1.82) is 0 Å². The fourth-order valence-corrected chi connectivity index (χ4v) is 2.34. The van der Waals surface area contributed by atoms with Crippen molar-refractivity contribution < 1.29 is 9.47 Å². The van der Waals surface area contributed by atoms with E-state index in [0.717, 1.165) is 35.0 Å². The van der Waals surface area contributed by atoms with E-state index in [1.807, 2.05) is 85.8 Å². The molecule has 24 heavy (non-hydrogen) atoms. The topological polar surface area (TPSA) is 30.5 Å². The molecular formula is C21H21NO2. The van der Waals surface area contributed by atoms with Crippen LogP contribution in [0.15, 0.2) is 78.9 Å². The van der Waals surface area contributed by atoms with E-state index in [4.69, 9.17) is 9.47 Å². The summed E-state index contributed by atoms with van der Waals surface area (Å²) in [7, 11) is 0. The number of nitrogens with one attached hydrogen (secondary N) is 1. The monoisotopic (exact) mass is 319 g/mol. The minimum Gasteiger partial charge on any atom is -0.491 e. The van der Waals surface area contributed by atoms with Gasteiger partial charge in [0.1, 0.15) is 23.9 Å². The Morgan fingerprint density at radius 1 is 0.750 bits per heavy atom. The maximum absolute atomic E-state index is 5.78. The van der Waals surface area contributed by atoms with E-state index in [-0.39, 0.29) is 0 Å². The standard InChI is InChI=1S/C21H21NO2/c1-17-7-5-6-10-21(17)23-16-15-22-18-11-13-20(14-12-18)24-19-8-3-2-4-9-19/h2-14,22H,15-16H2,1H3. The van der Waals surface area contributed by atoms with Gasteiger partial charge in [-0.3, -0.25) is 0 Å². The van der Waals surface area contributed by atoms with Crippen LogP contribution in [0.25, 0.3) is 0 Å². The Morgan fingerprint density at radius 3 is 2.17 bits per heavy atom. The molecule has 0 unspecified atom stereocenters. The zero-order valence-corrected chi connectivity index (χ0v) is 13.7. The lowest BCUT2D eigenvalue weighted by atomic mass is 10.2. The van der Waals surface area contributed by atoms with Crippen LogP contribution in [0.5, 0.6) is 17.2 Å². The van der Waals surface area contributed by atoms with Crippen molar-refractivity contribution in [3.63, 3.8) is 0 Å². The van der Waals surface area contributed by atoms with Gasteiger partial charge < -0.3 is 14.8 Å². The molecule has 0 amide bonds. The highest BCUT2D eigenvalue weighted by Crippen LogP contribution is 2.22. The van der Waals surface area contributed by atoms with Crippen LogP contribution in [-0.4, -0.2) is 13.2 Å². The number of anilines is 1. The van der Waals surface area contributed by atoms with Crippen molar-refractivity contribution in [3.8, 4) is 17.2 Å². The first-order valence-electron chi connectivity index (χ1n) is 8.06. The third-order valence-corrected chi connectivity index (χ3v) is 3.62. The van der Waals surface area contributed by atoms with Gasteiger partial charge in [0.2, 0.25) is 0 Å². The number of aryl methyl sites for hydroxylation is 1. The molecule has 0 fully saturated rings. The SMILES string of the molecule is Cc1ccccc1OCCNc1ccc(Oc2ccccc2)cc1. The molecule has 0 saturated heterocycles. The summed E-state index contributed by atoms with van der Waals surface area (Å²) in [6.07, 6.45) is 0. The third kappa shape index (κ3) is 4.53. The average molecular weight is 319 g/mol. The van der Waals surface area contributed by atoms with Crippen molar-refractivity contribution in [2.75, 3.05) is 18.5 Å². The van der Waals surface area contributed by atoms with E-state index in [1.54, 1.807) is 0 Å². The van der Waals surface area contributed by atoms with Gasteiger partial charge in [-0.1, -0.05) is 36.4 Å². The number of para-hydroxylation sites is 2. The van der Waals surface area contributed by atoms with Crippen molar-refractivity contribution in [3.05, 3.63) is 84.4 Å². The van der Waals surface area contributed by atoms with Gasteiger partial charge in [-0.05, 0) is 55.0 Å². The van der Waals surface area contributed by atoms with Gasteiger partial charge in [0.25, 0.3) is 0 Å². The Labute approximate surface area is 142 Å². The average Bonchev–Trinajstić information content (AvgIpc) is 2.62. The summed E-state index contributed by atoms with van der Waals surface area (Å²) in [5.74, 6) is 2.60. The second-order valence-corrected chi connectivity index (χ2v) is 5.48. The van der Waals surface area contributed by atoms with Crippen LogP contribution in [0.2, 0.25) is 0 Å². The molecule has 3 rings (SSSR count). The van der Waals surface area contributed by atoms with Gasteiger partial charge in [0, 0.05) is 12.2 Å². The van der Waals surface area contributed by atoms with Gasteiger partial charge in [0.05, 0.1) is 0 Å². The van der Waals surface area contributed by atoms with Gasteiger partial charge in [-0.2, -0.15) is 0 Å². The zero-order valence-electron chi connectivity index (χ0n) is 13.7. The highest BCUT2D eigenvalue weighted by Gasteiger charge is 1.99. The molecule has 1 N–H and O–H groups in total. The first-order valence-corrected chi connectivity index (χ1v) is 8.06. The fourth-order valence-electron chi connectivity index (χ4n) is 2.34. The van der Waals surface area contributed by atoms with Crippen LogP contribution < -0.4 is 14.8 Å². The predicted octanol–water partition coefficient (Wildman–Crippen LogP) is 5.28. The smallest absolute Gasteiger partial charge is 0.127 e. The van der Waals surface area contributed by atoms with E-state index in [9.17, 15) is 0 Å². The van der Waals surface area contributed by atoms with Crippen molar-refractivity contribution in [2.45, 2.75) is 6.92 Å². The number of benzene rings is 3. The van der Waals surface area contributed by atoms with E-state index in [2.05, 4.69) is 5.32 Å². The first-order chi connectivity index (χ1) is 11.8. The normalized spacial score (nSPS) is 10.2. The summed E-state index contributed by atoms with van der Waals surface area (Å²) in [6.45, 7) is 3.41. The molecule has 0 aliphatic heterocycles. The Bertz CT molecular complexity index is 754. The summed E-state index contributed by atoms with van der Waals surface area (Å²) in [6, 6.07) is 25.7.